The summed E-state index contributed by atoms with van der Waals surface area (Å²) < 4.78 is 0. The second kappa shape index (κ2) is 19.0. The molecule has 0 fully saturated rings. The first-order valence-corrected chi connectivity index (χ1v) is 11.6. The fourth-order valence-corrected chi connectivity index (χ4v) is 2.65. The first-order chi connectivity index (χ1) is 15.5. The van der Waals surface area contributed by atoms with E-state index in [9.17, 15) is 9.59 Å². The third kappa shape index (κ3) is 12.9. The van der Waals surface area contributed by atoms with Crippen molar-refractivity contribution in [2.75, 3.05) is 25.5 Å². The summed E-state index contributed by atoms with van der Waals surface area (Å²) in [5, 5.41) is 11.7. The minimum absolute atomic E-state index is 0. The maximum Gasteiger partial charge on any atom is 0.243 e. The van der Waals surface area contributed by atoms with Crippen LogP contribution in [0.5, 0.6) is 0 Å². The molecule has 6 nitrogen and oxygen atoms in total. The average molecular weight is 451 g/mol. The van der Waals surface area contributed by atoms with Gasteiger partial charge in [-0.1, -0.05) is 83.5 Å². The zero-order valence-corrected chi connectivity index (χ0v) is 20.6. The lowest BCUT2D eigenvalue weighted by molar-refractivity contribution is -0.125. The van der Waals surface area contributed by atoms with Gasteiger partial charge in [-0.3, -0.25) is 9.59 Å². The van der Waals surface area contributed by atoms with Gasteiger partial charge in [-0.2, -0.15) is 0 Å². The molecule has 1 atom stereocenters. The van der Waals surface area contributed by atoms with Crippen LogP contribution in [0.4, 0.5) is 5.69 Å². The zero-order valence-electron chi connectivity index (χ0n) is 20.6. The highest BCUT2D eigenvalue weighted by Gasteiger charge is 2.17. The summed E-state index contributed by atoms with van der Waals surface area (Å²) in [5.41, 5.74) is 2.93. The van der Waals surface area contributed by atoms with Gasteiger partial charge in [0, 0.05) is 17.9 Å². The van der Waals surface area contributed by atoms with Crippen molar-refractivity contribution in [3.63, 3.8) is 0 Å². The molecule has 4 N–H and O–H groups in total. The number of hydrogen-bond donors (Lipinski definition) is 4. The molecule has 0 aliphatic rings. The smallest absolute Gasteiger partial charge is 0.243 e. The van der Waals surface area contributed by atoms with Gasteiger partial charge < -0.3 is 21.3 Å². The fraction of sp³-hybridized carbons (Fsp3) is 0.462. The van der Waals surface area contributed by atoms with Crippen LogP contribution >= 0.6 is 0 Å². The molecular weight excluding hydrogens is 400 g/mol. The number of carbonyl (C=O) groups excluding carboxylic acids is 2. The summed E-state index contributed by atoms with van der Waals surface area (Å²) in [5.74, 6) is -0.449. The lowest BCUT2D eigenvalue weighted by Crippen LogP contribution is -2.46. The van der Waals surface area contributed by atoms with Crippen LogP contribution in [-0.4, -0.2) is 38.0 Å². The predicted octanol–water partition coefficient (Wildman–Crippen LogP) is 5.11. The summed E-state index contributed by atoms with van der Waals surface area (Å²) in [7, 11) is 1.74. The van der Waals surface area contributed by atoms with Crippen molar-refractivity contribution in [3.8, 4) is 0 Å². The van der Waals surface area contributed by atoms with Gasteiger partial charge in [0.2, 0.25) is 11.8 Å². The molecule has 0 aliphatic heterocycles. The van der Waals surface area contributed by atoms with E-state index < -0.39 is 0 Å². The van der Waals surface area contributed by atoms with Crippen molar-refractivity contribution < 1.29 is 15.3 Å². The quantitative estimate of drug-likeness (QED) is 0.405. The molecule has 0 spiro atoms. The number of amides is 2. The standard InChI is InChI=1S/C21H28N4O2.C3H8.C2H6.4H2/c1-3-23-14-17-9-11-18(12-10-17)25-20(26)15-24-21(27)19(22-2)13-16-7-5-4-6-8-16;1-3-2;1-2;;;;/h4-12,19,22-23H,3,13-15H2,1-2H3,(H,24,27)(H,25,26);3H2,1-2H3;1-2H3;4*1H/t19-;;;;;;/m0....../s1. The van der Waals surface area contributed by atoms with E-state index >= 15 is 0 Å². The largest absolute Gasteiger partial charge is 0.346 e. The minimum atomic E-state index is -0.384. The van der Waals surface area contributed by atoms with Crippen molar-refractivity contribution in [1.82, 2.24) is 16.0 Å². The van der Waals surface area contributed by atoms with Gasteiger partial charge in [-0.15, -0.1) is 0 Å². The Labute approximate surface area is 200 Å². The molecule has 6 heteroatoms. The van der Waals surface area contributed by atoms with Crippen molar-refractivity contribution >= 4 is 17.5 Å². The van der Waals surface area contributed by atoms with E-state index in [0.717, 1.165) is 24.2 Å². The second-order valence-corrected chi connectivity index (χ2v) is 6.98. The predicted molar refractivity (Wildman–Crippen MR) is 144 cm³/mol. The molecule has 0 aromatic heterocycles. The van der Waals surface area contributed by atoms with Gasteiger partial charge in [0.25, 0.3) is 0 Å². The normalized spacial score (nSPS) is 10.6. The fourth-order valence-electron chi connectivity index (χ4n) is 2.65. The van der Waals surface area contributed by atoms with Crippen molar-refractivity contribution in [1.29, 1.82) is 0 Å². The molecule has 0 heterocycles. The molecule has 0 radical (unpaired) electrons. The number of hydrogen-bond acceptors (Lipinski definition) is 4. The highest BCUT2D eigenvalue weighted by atomic mass is 16.2. The van der Waals surface area contributed by atoms with Crippen LogP contribution < -0.4 is 21.3 Å². The summed E-state index contributed by atoms with van der Waals surface area (Å²) >= 11 is 0. The van der Waals surface area contributed by atoms with Crippen LogP contribution in [0.1, 0.15) is 57.9 Å². The molecule has 32 heavy (non-hydrogen) atoms. The first kappa shape index (κ1) is 29.3. The van der Waals surface area contributed by atoms with Crippen LogP contribution in [0, 0.1) is 0 Å². The monoisotopic (exact) mass is 450 g/mol. The number of benzene rings is 2. The number of nitrogens with one attached hydrogen (secondary N) is 4. The Morgan fingerprint density at radius 3 is 2.03 bits per heavy atom. The van der Waals surface area contributed by atoms with E-state index in [1.165, 1.54) is 6.42 Å². The maximum absolute atomic E-state index is 12.3. The van der Waals surface area contributed by atoms with Crippen molar-refractivity contribution in [2.24, 2.45) is 0 Å². The number of carbonyl (C=O) groups is 2. The van der Waals surface area contributed by atoms with Crippen molar-refractivity contribution in [3.05, 3.63) is 65.7 Å². The number of rotatable bonds is 10. The van der Waals surface area contributed by atoms with Crippen molar-refractivity contribution in [2.45, 2.75) is 60.0 Å². The Morgan fingerprint density at radius 1 is 0.906 bits per heavy atom. The number of likely N-dealkylation sites (N-methyl/N-ethyl adjacent to an activating group) is 1. The topological polar surface area (TPSA) is 82.3 Å². The van der Waals surface area contributed by atoms with E-state index in [1.54, 1.807) is 7.05 Å². The summed E-state index contributed by atoms with van der Waals surface area (Å²) in [6, 6.07) is 17.0. The molecule has 0 unspecified atom stereocenters. The van der Waals surface area contributed by atoms with Gasteiger partial charge in [-0.25, -0.2) is 0 Å². The molecule has 2 amide bonds. The molecule has 2 aromatic carbocycles. The molecular formula is C26H50N4O2. The van der Waals surface area contributed by atoms with Gasteiger partial charge in [0.1, 0.15) is 0 Å². The first-order valence-electron chi connectivity index (χ1n) is 11.6. The van der Waals surface area contributed by atoms with Crippen LogP contribution in [0.25, 0.3) is 0 Å². The Hall–Kier alpha value is -2.70. The van der Waals surface area contributed by atoms with Crippen LogP contribution in [0.15, 0.2) is 54.6 Å². The van der Waals surface area contributed by atoms with Crippen LogP contribution in [-0.2, 0) is 22.6 Å². The Kier molecular flexibility index (Phi) is 17.4. The van der Waals surface area contributed by atoms with Gasteiger partial charge in [0.15, 0.2) is 0 Å². The van der Waals surface area contributed by atoms with Gasteiger partial charge in [0.05, 0.1) is 12.6 Å². The summed E-state index contributed by atoms with van der Waals surface area (Å²) in [6.07, 6.45) is 1.82. The maximum atomic E-state index is 12.3. The van der Waals surface area contributed by atoms with E-state index in [2.05, 4.69) is 42.0 Å². The van der Waals surface area contributed by atoms with Crippen LogP contribution in [0.3, 0.4) is 0 Å². The summed E-state index contributed by atoms with van der Waals surface area (Å²) in [6.45, 7) is 12.0. The Morgan fingerprint density at radius 2 is 1.50 bits per heavy atom. The summed E-state index contributed by atoms with van der Waals surface area (Å²) in [4.78, 5) is 24.4. The van der Waals surface area contributed by atoms with E-state index in [0.29, 0.717) is 12.1 Å². The Balaban J connectivity index is -0.000000331. The average Bonchev–Trinajstić information content (AvgIpc) is 2.83. The molecule has 0 saturated carbocycles. The third-order valence-corrected chi connectivity index (χ3v) is 4.19. The second-order valence-electron chi connectivity index (χ2n) is 6.98. The lowest BCUT2D eigenvalue weighted by atomic mass is 10.1. The number of anilines is 1. The third-order valence-electron chi connectivity index (χ3n) is 4.19. The van der Waals surface area contributed by atoms with Crippen LogP contribution in [0.2, 0.25) is 0 Å². The van der Waals surface area contributed by atoms with Gasteiger partial charge >= 0.3 is 0 Å². The SMILES string of the molecule is CC.CCC.CCNCc1ccc(NC(=O)CNC(=O)[C@H](Cc2ccccc2)NC)cc1.[HH].[HH].[HH].[HH]. The molecule has 2 rings (SSSR count). The van der Waals surface area contributed by atoms with E-state index in [4.69, 9.17) is 0 Å². The molecule has 0 bridgehead atoms. The van der Waals surface area contributed by atoms with Gasteiger partial charge in [-0.05, 0) is 43.3 Å². The Bertz CT molecular complexity index is 751. The molecule has 186 valence electrons. The highest BCUT2D eigenvalue weighted by Crippen LogP contribution is 2.09. The van der Waals surface area contributed by atoms with E-state index in [1.807, 2.05) is 68.4 Å². The molecule has 0 saturated heterocycles. The zero-order chi connectivity index (χ0) is 24.2. The lowest BCUT2D eigenvalue weighted by Gasteiger charge is -2.16. The highest BCUT2D eigenvalue weighted by molar-refractivity contribution is 5.95. The van der Waals surface area contributed by atoms with E-state index in [-0.39, 0.29) is 30.1 Å². The minimum Gasteiger partial charge on any atom is -0.346 e. The molecule has 0 aliphatic carbocycles. The molecule has 2 aromatic rings.